The number of sulfone groups is 1. The first-order valence-electron chi connectivity index (χ1n) is 8.63. The molecular weight excluding hydrogens is 332 g/mol. The van der Waals surface area contributed by atoms with Crippen molar-refractivity contribution in [1.82, 2.24) is 9.80 Å². The molecule has 0 saturated carbocycles. The molecule has 2 aliphatic rings. The van der Waals surface area contributed by atoms with Crippen LogP contribution in [-0.2, 0) is 24.2 Å². The van der Waals surface area contributed by atoms with Crippen molar-refractivity contribution in [2.45, 2.75) is 45.2 Å². The fourth-order valence-electron chi connectivity index (χ4n) is 3.49. The van der Waals surface area contributed by atoms with Crippen molar-refractivity contribution in [3.8, 4) is 0 Å². The Morgan fingerprint density at radius 2 is 1.88 bits per heavy atom. The Hall–Kier alpha value is -1.15. The topological polar surface area (TPSA) is 84.0 Å². The second-order valence-electron chi connectivity index (χ2n) is 6.74. The summed E-state index contributed by atoms with van der Waals surface area (Å²) in [4.78, 5) is 28.1. The van der Waals surface area contributed by atoms with Gasteiger partial charge in [-0.3, -0.25) is 14.5 Å². The Kier molecular flexibility index (Phi) is 6.25. The van der Waals surface area contributed by atoms with Gasteiger partial charge in [0, 0.05) is 13.1 Å². The van der Waals surface area contributed by atoms with E-state index in [2.05, 4.69) is 4.90 Å². The summed E-state index contributed by atoms with van der Waals surface area (Å²) in [7, 11) is -1.32. The SMILES string of the molecule is CCOC(=O)C1CCN(C(C)C(=O)N(C)C2CCS(=O)(=O)C2)CC1. The Morgan fingerprint density at radius 1 is 1.25 bits per heavy atom. The third kappa shape index (κ3) is 4.47. The molecule has 2 heterocycles. The van der Waals surface area contributed by atoms with Crippen molar-refractivity contribution in [2.24, 2.45) is 5.92 Å². The van der Waals surface area contributed by atoms with Gasteiger partial charge in [0.05, 0.1) is 30.1 Å². The first kappa shape index (κ1) is 19.2. The van der Waals surface area contributed by atoms with Crippen molar-refractivity contribution in [2.75, 3.05) is 38.2 Å². The Bertz CT molecular complexity index is 569. The summed E-state index contributed by atoms with van der Waals surface area (Å²) in [5.41, 5.74) is 0. The third-order valence-electron chi connectivity index (χ3n) is 5.16. The minimum atomic E-state index is -3.01. The fourth-order valence-corrected chi connectivity index (χ4v) is 5.27. The van der Waals surface area contributed by atoms with Crippen LogP contribution < -0.4 is 0 Å². The molecule has 1 amide bonds. The summed E-state index contributed by atoms with van der Waals surface area (Å²) >= 11 is 0. The summed E-state index contributed by atoms with van der Waals surface area (Å²) in [6, 6.07) is -0.525. The summed E-state index contributed by atoms with van der Waals surface area (Å²) < 4.78 is 28.3. The zero-order valence-electron chi connectivity index (χ0n) is 14.7. The van der Waals surface area contributed by atoms with E-state index in [1.807, 2.05) is 6.92 Å². The smallest absolute Gasteiger partial charge is 0.309 e. The molecule has 2 saturated heterocycles. The number of amides is 1. The lowest BCUT2D eigenvalue weighted by Crippen LogP contribution is -2.51. The molecule has 0 bridgehead atoms. The largest absolute Gasteiger partial charge is 0.466 e. The maximum Gasteiger partial charge on any atom is 0.309 e. The van der Waals surface area contributed by atoms with E-state index in [1.54, 1.807) is 18.9 Å². The minimum Gasteiger partial charge on any atom is -0.466 e. The maximum atomic E-state index is 12.7. The van der Waals surface area contributed by atoms with E-state index in [0.29, 0.717) is 39.0 Å². The normalized spacial score (nSPS) is 26.0. The van der Waals surface area contributed by atoms with Gasteiger partial charge in [0.2, 0.25) is 5.91 Å². The van der Waals surface area contributed by atoms with Crippen LogP contribution in [0.4, 0.5) is 0 Å². The average Bonchev–Trinajstić information content (AvgIpc) is 2.93. The number of carbonyl (C=O) groups excluding carboxylic acids is 2. The molecule has 0 aromatic carbocycles. The first-order chi connectivity index (χ1) is 11.2. The van der Waals surface area contributed by atoms with Gasteiger partial charge in [0.15, 0.2) is 9.84 Å². The molecule has 7 nitrogen and oxygen atoms in total. The van der Waals surface area contributed by atoms with Crippen LogP contribution in [0, 0.1) is 5.92 Å². The van der Waals surface area contributed by atoms with Gasteiger partial charge in [-0.05, 0) is 46.2 Å². The molecule has 2 rings (SSSR count). The molecule has 2 fully saturated rings. The number of esters is 1. The lowest BCUT2D eigenvalue weighted by atomic mass is 9.96. The Labute approximate surface area is 144 Å². The van der Waals surface area contributed by atoms with E-state index in [0.717, 1.165) is 0 Å². The monoisotopic (exact) mass is 360 g/mol. The molecule has 2 atom stereocenters. The molecule has 2 unspecified atom stereocenters. The van der Waals surface area contributed by atoms with E-state index in [-0.39, 0.29) is 41.4 Å². The predicted octanol–water partition coefficient (Wildman–Crippen LogP) is 0.296. The van der Waals surface area contributed by atoms with E-state index >= 15 is 0 Å². The van der Waals surface area contributed by atoms with Gasteiger partial charge in [0.25, 0.3) is 0 Å². The summed E-state index contributed by atoms with van der Waals surface area (Å²) in [5.74, 6) is -0.0566. The first-order valence-corrected chi connectivity index (χ1v) is 10.4. The lowest BCUT2D eigenvalue weighted by Gasteiger charge is -2.37. The molecule has 0 aromatic heterocycles. The zero-order valence-corrected chi connectivity index (χ0v) is 15.5. The number of ether oxygens (including phenoxy) is 1. The van der Waals surface area contributed by atoms with Crippen LogP contribution in [0.1, 0.15) is 33.1 Å². The molecule has 0 radical (unpaired) electrons. The second-order valence-corrected chi connectivity index (χ2v) is 8.97. The minimum absolute atomic E-state index is 0.0494. The van der Waals surface area contributed by atoms with Crippen LogP contribution in [0.5, 0.6) is 0 Å². The van der Waals surface area contributed by atoms with Gasteiger partial charge in [-0.25, -0.2) is 8.42 Å². The molecule has 8 heteroatoms. The van der Waals surface area contributed by atoms with E-state index < -0.39 is 9.84 Å². The fraction of sp³-hybridized carbons (Fsp3) is 0.875. The van der Waals surface area contributed by atoms with Crippen LogP contribution in [-0.4, -0.2) is 80.4 Å². The number of rotatable bonds is 5. The molecule has 2 aliphatic heterocycles. The maximum absolute atomic E-state index is 12.7. The van der Waals surface area contributed by atoms with Gasteiger partial charge in [0.1, 0.15) is 0 Å². The van der Waals surface area contributed by atoms with E-state index in [4.69, 9.17) is 4.74 Å². The molecular formula is C16H28N2O5S. The Morgan fingerprint density at radius 3 is 2.38 bits per heavy atom. The van der Waals surface area contributed by atoms with Crippen LogP contribution in [0.2, 0.25) is 0 Å². The standard InChI is InChI=1S/C16H28N2O5S/c1-4-23-16(20)13-5-8-18(9-6-13)12(2)15(19)17(3)14-7-10-24(21,22)11-14/h12-14H,4-11H2,1-3H3. The number of piperidine rings is 1. The highest BCUT2D eigenvalue weighted by molar-refractivity contribution is 7.91. The molecule has 0 spiro atoms. The summed E-state index contributed by atoms with van der Waals surface area (Å²) in [6.45, 7) is 5.39. The quantitative estimate of drug-likeness (QED) is 0.656. The summed E-state index contributed by atoms with van der Waals surface area (Å²) in [5, 5.41) is 0. The Balaban J connectivity index is 1.87. The molecule has 0 aromatic rings. The van der Waals surface area contributed by atoms with Crippen LogP contribution >= 0.6 is 0 Å². The number of carbonyl (C=O) groups is 2. The van der Waals surface area contributed by atoms with Crippen LogP contribution in [0.15, 0.2) is 0 Å². The highest BCUT2D eigenvalue weighted by Crippen LogP contribution is 2.22. The van der Waals surface area contributed by atoms with Crippen molar-refractivity contribution in [3.63, 3.8) is 0 Å². The zero-order chi connectivity index (χ0) is 17.9. The highest BCUT2D eigenvalue weighted by atomic mass is 32.2. The van der Waals surface area contributed by atoms with Crippen LogP contribution in [0.3, 0.4) is 0 Å². The van der Waals surface area contributed by atoms with Gasteiger partial charge in [-0.2, -0.15) is 0 Å². The molecule has 0 N–H and O–H groups in total. The van der Waals surface area contributed by atoms with Gasteiger partial charge < -0.3 is 9.64 Å². The van der Waals surface area contributed by atoms with Gasteiger partial charge in [-0.1, -0.05) is 0 Å². The highest BCUT2D eigenvalue weighted by Gasteiger charge is 2.36. The average molecular weight is 360 g/mol. The molecule has 24 heavy (non-hydrogen) atoms. The van der Waals surface area contributed by atoms with Crippen molar-refractivity contribution >= 4 is 21.7 Å². The van der Waals surface area contributed by atoms with E-state index in [1.165, 1.54) is 0 Å². The second kappa shape index (κ2) is 7.82. The van der Waals surface area contributed by atoms with Gasteiger partial charge in [-0.15, -0.1) is 0 Å². The molecule has 138 valence electrons. The predicted molar refractivity (Wildman–Crippen MR) is 90.2 cm³/mol. The number of likely N-dealkylation sites (tertiary alicyclic amines) is 1. The lowest BCUT2D eigenvalue weighted by molar-refractivity contribution is -0.150. The number of nitrogens with zero attached hydrogens (tertiary/aromatic N) is 2. The van der Waals surface area contributed by atoms with Crippen molar-refractivity contribution < 1.29 is 22.7 Å². The van der Waals surface area contributed by atoms with Crippen LogP contribution in [0.25, 0.3) is 0 Å². The van der Waals surface area contributed by atoms with E-state index in [9.17, 15) is 18.0 Å². The number of hydrogen-bond acceptors (Lipinski definition) is 6. The van der Waals surface area contributed by atoms with Crippen molar-refractivity contribution in [3.05, 3.63) is 0 Å². The molecule has 0 aliphatic carbocycles. The number of hydrogen-bond donors (Lipinski definition) is 0. The number of likely N-dealkylation sites (N-methyl/N-ethyl adjacent to an activating group) is 1. The van der Waals surface area contributed by atoms with Crippen molar-refractivity contribution in [1.29, 1.82) is 0 Å². The summed E-state index contributed by atoms with van der Waals surface area (Å²) in [6.07, 6.45) is 1.90. The van der Waals surface area contributed by atoms with Gasteiger partial charge >= 0.3 is 5.97 Å². The third-order valence-corrected chi connectivity index (χ3v) is 6.91.